The van der Waals surface area contributed by atoms with Crippen LogP contribution >= 0.6 is 0 Å². The minimum absolute atomic E-state index is 0. The van der Waals surface area contributed by atoms with Crippen molar-refractivity contribution in [2.75, 3.05) is 0 Å². The summed E-state index contributed by atoms with van der Waals surface area (Å²) in [6, 6.07) is 16.2. The van der Waals surface area contributed by atoms with Crippen LogP contribution in [0, 0.1) is 21.3 Å². The fourth-order valence-corrected chi connectivity index (χ4v) is 2.77. The number of rotatable bonds is 5. The molecule has 2 aromatic rings. The Balaban J connectivity index is 0.000000947. The number of hydrogen-bond donors (Lipinski definition) is 0. The molecule has 0 fully saturated rings. The Morgan fingerprint density at radius 3 is 2.09 bits per heavy atom. The zero-order valence-corrected chi connectivity index (χ0v) is 20.9. The Labute approximate surface area is 210 Å². The van der Waals surface area contributed by atoms with Gasteiger partial charge < -0.3 is 12.0 Å². The van der Waals surface area contributed by atoms with Gasteiger partial charge in [0.1, 0.15) is 0 Å². The molecular weight excluding hydrogens is 511 g/mol. The summed E-state index contributed by atoms with van der Waals surface area (Å²) >= 11 is -3.51. The second-order valence-electron chi connectivity index (χ2n) is 6.66. The number of benzene rings is 2. The Kier molecular flexibility index (Phi) is 13.7. The number of para-hydroxylation sites is 2. The number of aryl methyl sites for hydroxylation is 2. The van der Waals surface area contributed by atoms with Crippen LogP contribution in [0.15, 0.2) is 75.3 Å². The van der Waals surface area contributed by atoms with Gasteiger partial charge in [-0.2, -0.15) is 0 Å². The Morgan fingerprint density at radius 1 is 1.09 bits per heavy atom. The zero-order chi connectivity index (χ0) is 23.7. The van der Waals surface area contributed by atoms with Crippen LogP contribution in [0.1, 0.15) is 24.5 Å². The first-order chi connectivity index (χ1) is 15.0. The molecule has 1 unspecified atom stereocenters. The zero-order valence-electron chi connectivity index (χ0n) is 18.9. The molecule has 1 aliphatic rings. The van der Waals surface area contributed by atoms with Crippen LogP contribution < -0.4 is 0 Å². The van der Waals surface area contributed by atoms with Crippen molar-refractivity contribution in [3.8, 4) is 0 Å². The molecular formula is C23H24F3FeN3O3S. The molecule has 0 saturated carbocycles. The molecule has 1 atom stereocenters. The van der Waals surface area contributed by atoms with Crippen molar-refractivity contribution in [1.29, 1.82) is 0 Å². The van der Waals surface area contributed by atoms with Gasteiger partial charge in [0.2, 0.25) is 0 Å². The molecule has 1 heterocycles. The Bertz CT molecular complexity index is 1100. The van der Waals surface area contributed by atoms with Crippen LogP contribution in [0.25, 0.3) is 0 Å². The maximum atomic E-state index is 10.7. The number of nitrogens with zero attached hydrogens (tertiary/aromatic N) is 3. The summed E-state index contributed by atoms with van der Waals surface area (Å²) in [4.78, 5) is 13.9. The largest absolute Gasteiger partial charge is 2.00 e. The summed E-state index contributed by atoms with van der Waals surface area (Å²) in [5.74, 6) is 0. The third-order valence-electron chi connectivity index (χ3n) is 4.17. The molecule has 2 aromatic carbocycles. The van der Waals surface area contributed by atoms with Crippen LogP contribution in [0.5, 0.6) is 0 Å². The van der Waals surface area contributed by atoms with E-state index in [2.05, 4.69) is 46.2 Å². The van der Waals surface area contributed by atoms with Gasteiger partial charge in [0.15, 0.2) is 0 Å². The van der Waals surface area contributed by atoms with Crippen molar-refractivity contribution < 1.29 is 43.2 Å². The molecule has 0 saturated heterocycles. The Hall–Kier alpha value is -2.43. The summed E-state index contributed by atoms with van der Waals surface area (Å²) in [6.45, 7) is 6.13. The molecule has 1 aliphatic heterocycles. The van der Waals surface area contributed by atoms with Crippen LogP contribution in [0.2, 0.25) is 0 Å². The van der Waals surface area contributed by atoms with Gasteiger partial charge in [-0.15, -0.1) is 13.2 Å². The second kappa shape index (κ2) is 14.7. The van der Waals surface area contributed by atoms with Crippen molar-refractivity contribution in [3.63, 3.8) is 0 Å². The van der Waals surface area contributed by atoms with E-state index in [9.17, 15) is 13.2 Å². The van der Waals surface area contributed by atoms with E-state index in [1.165, 1.54) is 5.56 Å². The van der Waals surface area contributed by atoms with E-state index in [1.54, 1.807) is 0 Å². The van der Waals surface area contributed by atoms with Crippen LogP contribution in [-0.2, 0) is 32.6 Å². The third kappa shape index (κ3) is 11.1. The minimum atomic E-state index is -5.09. The summed E-state index contributed by atoms with van der Waals surface area (Å²) in [6.07, 6.45) is -0.332. The minimum Gasteiger partial charge on any atom is -0.750 e. The van der Waals surface area contributed by atoms with Gasteiger partial charge >= 0.3 is 23.4 Å². The molecule has 0 radical (unpaired) electrons. The quantitative estimate of drug-likeness (QED) is 0.195. The normalized spacial score (nSPS) is 14.3. The molecule has 0 N–H and O–H groups in total. The van der Waals surface area contributed by atoms with Crippen molar-refractivity contribution in [3.05, 3.63) is 78.9 Å². The van der Waals surface area contributed by atoms with Gasteiger partial charge in [-0.25, -0.2) is 13.4 Å². The van der Waals surface area contributed by atoms with E-state index in [0.717, 1.165) is 40.5 Å². The van der Waals surface area contributed by atoms with Gasteiger partial charge in [-0.05, 0) is 44.0 Å². The molecule has 3 rings (SSSR count). The smallest absolute Gasteiger partial charge is 0.750 e. The fourth-order valence-electron chi connectivity index (χ4n) is 2.61. The van der Waals surface area contributed by atoms with Crippen molar-refractivity contribution in [2.45, 2.75) is 33.6 Å². The van der Waals surface area contributed by atoms with Crippen molar-refractivity contribution >= 4 is 40.4 Å². The average Bonchev–Trinajstić information content (AvgIpc) is 3.17. The first-order valence-electron chi connectivity index (χ1n) is 9.39. The molecule has 0 aromatic heterocycles. The number of halogens is 3. The topological polar surface area (TPSA) is 86.4 Å². The Morgan fingerprint density at radius 2 is 1.62 bits per heavy atom. The van der Waals surface area contributed by atoms with E-state index in [-0.39, 0.29) is 24.5 Å². The first-order valence-corrected chi connectivity index (χ1v) is 10.4. The first kappa shape index (κ1) is 31.6. The predicted molar refractivity (Wildman–Crippen MR) is 126 cm³/mol. The standard InChI is InChI=1S/C21H21N3.CHF3O3S.CH3.Fe/c1-15-8-4-6-10-19(15)22-14-18-12-13-21(24-18)17(3)23-20-11-7-5-9-16(20)2;2-1(3,4)7-8(5)6;;/h4-11,13-14H,12H2,1-3H3;(H,5,6);1H3;/q;;-1;+2/p-1. The molecule has 0 bridgehead atoms. The van der Waals surface area contributed by atoms with Gasteiger partial charge in [0.05, 0.1) is 39.9 Å². The van der Waals surface area contributed by atoms with Crippen molar-refractivity contribution in [2.24, 2.45) is 15.0 Å². The summed E-state index contributed by atoms with van der Waals surface area (Å²) in [7, 11) is 0. The van der Waals surface area contributed by atoms with Gasteiger partial charge in [0, 0.05) is 12.6 Å². The summed E-state index contributed by atoms with van der Waals surface area (Å²) in [5.41, 5.74) is 7.14. The molecule has 0 aliphatic carbocycles. The van der Waals surface area contributed by atoms with Crippen LogP contribution in [0.4, 0.5) is 24.5 Å². The number of alkyl halides is 3. The second-order valence-corrected chi connectivity index (χ2v) is 7.23. The monoisotopic (exact) mass is 535 g/mol. The average molecular weight is 535 g/mol. The molecule has 0 amide bonds. The number of allylic oxidation sites excluding steroid dienone is 2. The van der Waals surface area contributed by atoms with E-state index in [0.29, 0.717) is 0 Å². The summed E-state index contributed by atoms with van der Waals surface area (Å²) < 4.78 is 52.6. The molecule has 6 nitrogen and oxygen atoms in total. The van der Waals surface area contributed by atoms with E-state index in [4.69, 9.17) is 13.8 Å². The van der Waals surface area contributed by atoms with Gasteiger partial charge in [-0.3, -0.25) is 9.98 Å². The van der Waals surface area contributed by atoms with E-state index < -0.39 is 17.7 Å². The molecule has 184 valence electrons. The molecule has 11 heteroatoms. The third-order valence-corrected chi connectivity index (χ3v) is 4.50. The molecule has 34 heavy (non-hydrogen) atoms. The van der Waals surface area contributed by atoms with Crippen LogP contribution in [-0.4, -0.2) is 32.8 Å². The predicted octanol–water partition coefficient (Wildman–Crippen LogP) is 6.29. The van der Waals surface area contributed by atoms with Gasteiger partial charge in [-0.1, -0.05) is 42.5 Å². The SMILES string of the molecule is CC(=Nc1ccccc1C)C1=CCC(C=Nc2ccccc2C)=N1.O=S([O-])OC(F)(F)F.[CH3-].[Fe+2]. The van der Waals surface area contributed by atoms with E-state index in [1.807, 2.05) is 49.5 Å². The molecule has 0 spiro atoms. The summed E-state index contributed by atoms with van der Waals surface area (Å²) in [5, 5.41) is 0. The van der Waals surface area contributed by atoms with Gasteiger partial charge in [0.25, 0.3) is 0 Å². The van der Waals surface area contributed by atoms with Crippen molar-refractivity contribution in [1.82, 2.24) is 0 Å². The maximum Gasteiger partial charge on any atom is 2.00 e. The maximum absolute atomic E-state index is 10.7. The fraction of sp³-hybridized carbons (Fsp3) is 0.217. The van der Waals surface area contributed by atoms with Crippen LogP contribution in [0.3, 0.4) is 0 Å². The van der Waals surface area contributed by atoms with E-state index >= 15 is 0 Å². The number of hydrogen-bond acceptors (Lipinski definition) is 6. The number of aliphatic imine (C=N–C) groups is 3.